The van der Waals surface area contributed by atoms with E-state index in [1.807, 2.05) is 17.0 Å². The maximum atomic E-state index is 12.8. The van der Waals surface area contributed by atoms with Crippen LogP contribution < -0.4 is 0 Å². The summed E-state index contributed by atoms with van der Waals surface area (Å²) in [6.45, 7) is 1.72. The molecule has 1 unspecified atom stereocenters. The summed E-state index contributed by atoms with van der Waals surface area (Å²) in [6.07, 6.45) is 3.49. The minimum Gasteiger partial charge on any atom is -0.337 e. The Morgan fingerprint density at radius 2 is 2.14 bits per heavy atom. The highest BCUT2D eigenvalue weighted by molar-refractivity contribution is 7.17. The summed E-state index contributed by atoms with van der Waals surface area (Å²) >= 11 is 1.72. The number of fused-ring (bicyclic) bond motifs is 1. The Hall–Kier alpha value is -1.39. The number of hydrogen-bond donors (Lipinski definition) is 0. The van der Waals surface area contributed by atoms with Gasteiger partial charge in [0.15, 0.2) is 0 Å². The number of benzene rings is 1. The Bertz CT molecular complexity index is 635. The lowest BCUT2D eigenvalue weighted by Gasteiger charge is -2.28. The van der Waals surface area contributed by atoms with E-state index < -0.39 is 0 Å². The Balaban J connectivity index is 1.82. The quantitative estimate of drug-likeness (QED) is 0.848. The smallest absolute Gasteiger partial charge is 0.253 e. The molecule has 1 aromatic heterocycles. The van der Waals surface area contributed by atoms with Gasteiger partial charge >= 0.3 is 0 Å². The lowest BCUT2D eigenvalue weighted by molar-refractivity contribution is 0.0726. The van der Waals surface area contributed by atoms with E-state index >= 15 is 0 Å². The molecule has 21 heavy (non-hydrogen) atoms. The number of likely N-dealkylation sites (tertiary alicyclic amines) is 1. The number of rotatable bonds is 2. The maximum absolute atomic E-state index is 12.8. The van der Waals surface area contributed by atoms with Crippen LogP contribution in [0.2, 0.25) is 0 Å². The van der Waals surface area contributed by atoms with Gasteiger partial charge in [0.1, 0.15) is 0 Å². The van der Waals surface area contributed by atoms with Crippen molar-refractivity contribution in [3.63, 3.8) is 0 Å². The van der Waals surface area contributed by atoms with Crippen LogP contribution in [0.1, 0.15) is 29.6 Å². The van der Waals surface area contributed by atoms with Gasteiger partial charge in [-0.3, -0.25) is 4.79 Å². The third-order valence-electron chi connectivity index (χ3n) is 4.36. The second-order valence-corrected chi connectivity index (χ2v) is 6.99. The first kappa shape index (κ1) is 14.5. The third kappa shape index (κ3) is 3.11. The Kier molecular flexibility index (Phi) is 4.27. The molecule has 1 aliphatic heterocycles. The van der Waals surface area contributed by atoms with Crippen LogP contribution >= 0.6 is 11.3 Å². The number of thiophene rings is 1. The van der Waals surface area contributed by atoms with E-state index in [-0.39, 0.29) is 5.91 Å². The molecule has 1 aliphatic rings. The molecule has 1 atom stereocenters. The predicted octanol–water partition coefficient (Wildman–Crippen LogP) is 3.46. The average Bonchev–Trinajstić information content (AvgIpc) is 2.80. The van der Waals surface area contributed by atoms with E-state index in [2.05, 4.69) is 36.5 Å². The number of likely N-dealkylation sites (N-methyl/N-ethyl adjacent to an activating group) is 1. The standard InChI is InChI=1S/C17H22N2OS/c1-18(2)15-5-3-4-9-19(12-15)17(20)14-6-7-16-13(11-14)8-10-21-16/h6-8,10-11,15H,3-5,9,12H2,1-2H3. The Labute approximate surface area is 130 Å². The molecule has 2 aromatic rings. The molecule has 0 spiro atoms. The van der Waals surface area contributed by atoms with Crippen LogP contribution in [0.4, 0.5) is 0 Å². The summed E-state index contributed by atoms with van der Waals surface area (Å²) in [5.41, 5.74) is 0.820. The lowest BCUT2D eigenvalue weighted by atomic mass is 10.1. The van der Waals surface area contributed by atoms with Crippen molar-refractivity contribution in [1.29, 1.82) is 0 Å². The molecule has 112 valence electrons. The molecule has 1 fully saturated rings. The number of amides is 1. The van der Waals surface area contributed by atoms with Crippen LogP contribution in [0.25, 0.3) is 10.1 Å². The van der Waals surface area contributed by atoms with Crippen LogP contribution in [0, 0.1) is 0 Å². The average molecular weight is 302 g/mol. The van der Waals surface area contributed by atoms with E-state index in [1.54, 1.807) is 11.3 Å². The molecule has 4 heteroatoms. The van der Waals surface area contributed by atoms with Crippen molar-refractivity contribution >= 4 is 27.3 Å². The molecule has 1 amide bonds. The van der Waals surface area contributed by atoms with Gasteiger partial charge in [0.25, 0.3) is 5.91 Å². The number of carbonyl (C=O) groups is 1. The normalized spacial score (nSPS) is 20.0. The van der Waals surface area contributed by atoms with Gasteiger partial charge in [-0.25, -0.2) is 0 Å². The SMILES string of the molecule is CN(C)C1CCCCN(C(=O)c2ccc3sccc3c2)C1. The Morgan fingerprint density at radius 3 is 2.95 bits per heavy atom. The summed E-state index contributed by atoms with van der Waals surface area (Å²) in [7, 11) is 4.21. The van der Waals surface area contributed by atoms with Gasteiger partial charge in [0.2, 0.25) is 0 Å². The molecule has 0 saturated carbocycles. The van der Waals surface area contributed by atoms with E-state index in [4.69, 9.17) is 0 Å². The van der Waals surface area contributed by atoms with E-state index in [9.17, 15) is 4.79 Å². The molecule has 3 rings (SSSR count). The zero-order chi connectivity index (χ0) is 14.8. The molecule has 0 radical (unpaired) electrons. The fourth-order valence-corrected chi connectivity index (χ4v) is 3.78. The summed E-state index contributed by atoms with van der Waals surface area (Å²) in [5, 5.41) is 3.25. The van der Waals surface area contributed by atoms with Crippen molar-refractivity contribution < 1.29 is 4.79 Å². The molecule has 1 aromatic carbocycles. The topological polar surface area (TPSA) is 23.6 Å². The molecule has 2 heterocycles. The lowest BCUT2D eigenvalue weighted by Crippen LogP contribution is -2.41. The molecule has 0 aliphatic carbocycles. The molecular weight excluding hydrogens is 280 g/mol. The van der Waals surface area contributed by atoms with Crippen molar-refractivity contribution in [2.45, 2.75) is 25.3 Å². The first-order valence-corrected chi connectivity index (χ1v) is 8.46. The molecule has 1 saturated heterocycles. The van der Waals surface area contributed by atoms with Crippen molar-refractivity contribution in [2.75, 3.05) is 27.2 Å². The minimum atomic E-state index is 0.178. The molecule has 0 bridgehead atoms. The minimum absolute atomic E-state index is 0.178. The fourth-order valence-electron chi connectivity index (χ4n) is 3.01. The zero-order valence-corrected chi connectivity index (χ0v) is 13.5. The zero-order valence-electron chi connectivity index (χ0n) is 12.7. The van der Waals surface area contributed by atoms with E-state index in [1.165, 1.54) is 22.9 Å². The van der Waals surface area contributed by atoms with Gasteiger partial charge in [-0.15, -0.1) is 11.3 Å². The van der Waals surface area contributed by atoms with Crippen LogP contribution in [0.5, 0.6) is 0 Å². The Morgan fingerprint density at radius 1 is 1.29 bits per heavy atom. The van der Waals surface area contributed by atoms with Crippen LogP contribution in [0.15, 0.2) is 29.6 Å². The van der Waals surface area contributed by atoms with Crippen LogP contribution in [0.3, 0.4) is 0 Å². The van der Waals surface area contributed by atoms with Gasteiger partial charge in [0, 0.05) is 29.4 Å². The number of carbonyl (C=O) groups excluding carboxylic acids is 1. The summed E-state index contributed by atoms with van der Waals surface area (Å²) in [4.78, 5) is 17.1. The highest BCUT2D eigenvalue weighted by Gasteiger charge is 2.24. The summed E-state index contributed by atoms with van der Waals surface area (Å²) in [5.74, 6) is 0.178. The molecule has 3 nitrogen and oxygen atoms in total. The highest BCUT2D eigenvalue weighted by Crippen LogP contribution is 2.23. The van der Waals surface area contributed by atoms with Crippen molar-refractivity contribution in [3.05, 3.63) is 35.2 Å². The van der Waals surface area contributed by atoms with Gasteiger partial charge < -0.3 is 9.80 Å². The van der Waals surface area contributed by atoms with Gasteiger partial charge in [-0.2, -0.15) is 0 Å². The summed E-state index contributed by atoms with van der Waals surface area (Å²) in [6, 6.07) is 8.62. The summed E-state index contributed by atoms with van der Waals surface area (Å²) < 4.78 is 1.24. The second-order valence-electron chi connectivity index (χ2n) is 6.04. The first-order valence-electron chi connectivity index (χ1n) is 7.58. The van der Waals surface area contributed by atoms with E-state index in [0.29, 0.717) is 6.04 Å². The fraction of sp³-hybridized carbons (Fsp3) is 0.471. The van der Waals surface area contributed by atoms with Gasteiger partial charge in [-0.1, -0.05) is 6.42 Å². The van der Waals surface area contributed by atoms with Crippen LogP contribution in [-0.2, 0) is 0 Å². The van der Waals surface area contributed by atoms with Crippen molar-refractivity contribution in [3.8, 4) is 0 Å². The van der Waals surface area contributed by atoms with E-state index in [0.717, 1.165) is 25.1 Å². The second kappa shape index (κ2) is 6.16. The molecule has 0 N–H and O–H groups in total. The number of hydrogen-bond acceptors (Lipinski definition) is 3. The monoisotopic (exact) mass is 302 g/mol. The predicted molar refractivity (Wildman–Crippen MR) is 89.1 cm³/mol. The first-order chi connectivity index (χ1) is 10.1. The highest BCUT2D eigenvalue weighted by atomic mass is 32.1. The van der Waals surface area contributed by atoms with Gasteiger partial charge in [0.05, 0.1) is 0 Å². The van der Waals surface area contributed by atoms with Crippen molar-refractivity contribution in [1.82, 2.24) is 9.80 Å². The largest absolute Gasteiger partial charge is 0.337 e. The maximum Gasteiger partial charge on any atom is 0.253 e. The van der Waals surface area contributed by atoms with Crippen molar-refractivity contribution in [2.24, 2.45) is 0 Å². The third-order valence-corrected chi connectivity index (χ3v) is 5.26. The molecular formula is C17H22N2OS. The number of nitrogens with zero attached hydrogens (tertiary/aromatic N) is 2. The van der Waals surface area contributed by atoms with Crippen LogP contribution in [-0.4, -0.2) is 48.9 Å². The van der Waals surface area contributed by atoms with Gasteiger partial charge in [-0.05, 0) is 62.0 Å².